The number of hydrogen-bond donors (Lipinski definition) is 2. The van der Waals surface area contributed by atoms with E-state index in [1.54, 1.807) is 24.4 Å². The lowest BCUT2D eigenvalue weighted by molar-refractivity contribution is 0.302. The number of phenols is 1. The van der Waals surface area contributed by atoms with E-state index in [1.807, 2.05) is 6.07 Å². The molecule has 0 radical (unpaired) electrons. The van der Waals surface area contributed by atoms with Crippen molar-refractivity contribution in [1.29, 1.82) is 0 Å². The quantitative estimate of drug-likeness (QED) is 0.516. The molecule has 0 aliphatic carbocycles. The van der Waals surface area contributed by atoms with Gasteiger partial charge in [0.05, 0.1) is 11.3 Å². The largest absolute Gasteiger partial charge is 0.508 e. The summed E-state index contributed by atoms with van der Waals surface area (Å²) in [6.45, 7) is 0. The zero-order valence-corrected chi connectivity index (χ0v) is 9.82. The minimum atomic E-state index is 0.0886. The van der Waals surface area contributed by atoms with E-state index < -0.39 is 0 Å². The molecule has 2 aromatic heterocycles. The van der Waals surface area contributed by atoms with Crippen molar-refractivity contribution >= 4 is 11.0 Å². The second kappa shape index (κ2) is 4.45. The van der Waals surface area contributed by atoms with Gasteiger partial charge in [0.2, 0.25) is 0 Å². The third kappa shape index (κ3) is 1.91. The lowest BCUT2D eigenvalue weighted by Crippen LogP contribution is -2.08. The van der Waals surface area contributed by atoms with Crippen molar-refractivity contribution in [2.45, 2.75) is 0 Å². The number of phenolic OH excluding ortho intramolecular Hbond substituents is 1. The number of rotatable bonds is 1. The highest BCUT2D eigenvalue weighted by Crippen LogP contribution is 2.21. The van der Waals surface area contributed by atoms with Crippen molar-refractivity contribution in [3.05, 3.63) is 54.2 Å². The predicted octanol–water partition coefficient (Wildman–Crippen LogP) is 2.49. The minimum Gasteiger partial charge on any atom is -0.508 e. The Morgan fingerprint density at radius 3 is 2.79 bits per heavy atom. The van der Waals surface area contributed by atoms with Crippen molar-refractivity contribution in [1.82, 2.24) is 4.98 Å². The maximum absolute atomic E-state index is 9.41. The molecule has 2 N–H and O–H groups in total. The van der Waals surface area contributed by atoms with Crippen molar-refractivity contribution in [3.63, 3.8) is 0 Å². The third-order valence-electron chi connectivity index (χ3n) is 2.82. The first kappa shape index (κ1) is 11.3. The molecule has 0 unspecified atom stereocenters. The Bertz CT molecular complexity index is 795. The van der Waals surface area contributed by atoms with Gasteiger partial charge in [-0.25, -0.2) is 0 Å². The van der Waals surface area contributed by atoms with Gasteiger partial charge in [-0.3, -0.25) is 4.98 Å². The summed E-state index contributed by atoms with van der Waals surface area (Å²) in [5.41, 5.74) is 1.67. The van der Waals surface area contributed by atoms with Crippen LogP contribution in [-0.2, 0) is 0 Å². The average molecular weight is 254 g/mol. The Kier molecular flexibility index (Phi) is 2.64. The first-order valence-corrected chi connectivity index (χ1v) is 5.63. The topological polar surface area (TPSA) is 78.9 Å². The molecule has 0 amide bonds. The van der Waals surface area contributed by atoms with Gasteiger partial charge in [-0.15, -0.1) is 0 Å². The molecule has 19 heavy (non-hydrogen) atoms. The molecule has 94 valence electrons. The van der Waals surface area contributed by atoms with Gasteiger partial charge in [-0.2, -0.15) is 0 Å². The molecule has 5 nitrogen and oxygen atoms in total. The average Bonchev–Trinajstić information content (AvgIpc) is 2.46. The van der Waals surface area contributed by atoms with Crippen LogP contribution in [0.5, 0.6) is 5.75 Å². The summed E-state index contributed by atoms with van der Waals surface area (Å²) >= 11 is 0. The molecule has 0 saturated carbocycles. The summed E-state index contributed by atoms with van der Waals surface area (Å²) in [4.78, 5) is 4.20. The van der Waals surface area contributed by atoms with Gasteiger partial charge in [-0.1, -0.05) is 11.2 Å². The van der Waals surface area contributed by atoms with Gasteiger partial charge >= 0.3 is 0 Å². The molecule has 1 aromatic carbocycles. The van der Waals surface area contributed by atoms with E-state index in [2.05, 4.69) is 10.1 Å². The van der Waals surface area contributed by atoms with Crippen LogP contribution in [0.3, 0.4) is 0 Å². The number of aromatic hydroxyl groups is 1. The van der Waals surface area contributed by atoms with E-state index in [-0.39, 0.29) is 5.75 Å². The zero-order chi connectivity index (χ0) is 13.2. The molecular weight excluding hydrogens is 244 g/mol. The molecule has 0 saturated heterocycles. The molecule has 3 aromatic rings. The van der Waals surface area contributed by atoms with E-state index in [0.717, 1.165) is 0 Å². The summed E-state index contributed by atoms with van der Waals surface area (Å²) in [6.07, 6.45) is 3.11. The van der Waals surface area contributed by atoms with E-state index in [9.17, 15) is 10.3 Å². The number of nitrogens with zero attached hydrogens (tertiary/aromatic N) is 2. The molecule has 0 atom stereocenters. The summed E-state index contributed by atoms with van der Waals surface area (Å²) < 4.78 is 5.45. The van der Waals surface area contributed by atoms with Gasteiger partial charge in [0.1, 0.15) is 23.0 Å². The Morgan fingerprint density at radius 2 is 2.05 bits per heavy atom. The minimum absolute atomic E-state index is 0.0886. The number of hydrogen-bond acceptors (Lipinski definition) is 5. The second-order valence-electron chi connectivity index (χ2n) is 3.99. The summed E-state index contributed by atoms with van der Waals surface area (Å²) in [5, 5.41) is 22.9. The fraction of sp³-hybridized carbons (Fsp3) is 0. The van der Waals surface area contributed by atoms with Crippen molar-refractivity contribution in [2.24, 2.45) is 5.16 Å². The maximum Gasteiger partial charge on any atom is 0.139 e. The number of fused-ring (bicyclic) bond motifs is 1. The molecule has 0 bridgehead atoms. The molecule has 2 heterocycles. The Hall–Kier alpha value is -2.82. The van der Waals surface area contributed by atoms with Crippen molar-refractivity contribution in [2.75, 3.05) is 0 Å². The third-order valence-corrected chi connectivity index (χ3v) is 2.82. The lowest BCUT2D eigenvalue weighted by atomic mass is 10.1. The molecule has 0 aliphatic heterocycles. The molecule has 0 fully saturated rings. The smallest absolute Gasteiger partial charge is 0.139 e. The standard InChI is InChI=1S/C14H10N2O3/c17-9-4-5-10-13(7-9)19-8-11(14(10)16-18)12-3-1-2-6-15-12/h1-8,17-18H. The first-order valence-electron chi connectivity index (χ1n) is 5.63. The van der Waals surface area contributed by atoms with Crippen LogP contribution in [0, 0.1) is 0 Å². The van der Waals surface area contributed by atoms with Crippen LogP contribution >= 0.6 is 0 Å². The van der Waals surface area contributed by atoms with E-state index in [4.69, 9.17) is 4.42 Å². The Morgan fingerprint density at radius 1 is 1.16 bits per heavy atom. The molecule has 3 rings (SSSR count). The van der Waals surface area contributed by atoms with Crippen LogP contribution < -0.4 is 5.36 Å². The molecule has 0 spiro atoms. The fourth-order valence-electron chi connectivity index (χ4n) is 1.94. The molecule has 0 aliphatic rings. The predicted molar refractivity (Wildman–Crippen MR) is 68.5 cm³/mol. The summed E-state index contributed by atoms with van der Waals surface area (Å²) in [7, 11) is 0. The van der Waals surface area contributed by atoms with E-state index >= 15 is 0 Å². The highest BCUT2D eigenvalue weighted by atomic mass is 16.4. The SMILES string of the molecule is ON=c1c(-c2ccccn2)coc2cc(O)ccc12. The lowest BCUT2D eigenvalue weighted by Gasteiger charge is -2.04. The van der Waals surface area contributed by atoms with Gasteiger partial charge in [0, 0.05) is 17.6 Å². The highest BCUT2D eigenvalue weighted by molar-refractivity contribution is 5.81. The zero-order valence-electron chi connectivity index (χ0n) is 9.82. The highest BCUT2D eigenvalue weighted by Gasteiger charge is 2.09. The van der Waals surface area contributed by atoms with Gasteiger partial charge < -0.3 is 14.7 Å². The van der Waals surface area contributed by atoms with E-state index in [0.29, 0.717) is 27.6 Å². The second-order valence-corrected chi connectivity index (χ2v) is 3.99. The van der Waals surface area contributed by atoms with Gasteiger partial charge in [0.15, 0.2) is 0 Å². The molecular formula is C14H10N2O3. The fourth-order valence-corrected chi connectivity index (χ4v) is 1.94. The number of benzene rings is 1. The van der Waals surface area contributed by atoms with Gasteiger partial charge in [0.25, 0.3) is 0 Å². The Labute approximate surface area is 108 Å². The van der Waals surface area contributed by atoms with Crippen LogP contribution in [0.15, 0.2) is 58.4 Å². The van der Waals surface area contributed by atoms with Crippen LogP contribution in [0.2, 0.25) is 0 Å². The first-order chi connectivity index (χ1) is 9.29. The van der Waals surface area contributed by atoms with Crippen LogP contribution in [0.1, 0.15) is 0 Å². The number of aromatic nitrogens is 1. The number of pyridine rings is 1. The Balaban J connectivity index is 2.37. The van der Waals surface area contributed by atoms with Crippen LogP contribution in [0.4, 0.5) is 0 Å². The maximum atomic E-state index is 9.41. The molecule has 5 heteroatoms. The normalized spacial score (nSPS) is 11.9. The van der Waals surface area contributed by atoms with Crippen LogP contribution in [-0.4, -0.2) is 15.3 Å². The van der Waals surface area contributed by atoms with Crippen molar-refractivity contribution in [3.8, 4) is 17.0 Å². The summed E-state index contributed by atoms with van der Waals surface area (Å²) in [6, 6.07) is 10.0. The van der Waals surface area contributed by atoms with Gasteiger partial charge in [-0.05, 0) is 24.3 Å². The monoisotopic (exact) mass is 254 g/mol. The van der Waals surface area contributed by atoms with Crippen LogP contribution in [0.25, 0.3) is 22.2 Å². The summed E-state index contributed by atoms with van der Waals surface area (Å²) in [5.74, 6) is 0.0886. The van der Waals surface area contributed by atoms with E-state index in [1.165, 1.54) is 18.4 Å². The van der Waals surface area contributed by atoms with Crippen molar-refractivity contribution < 1.29 is 14.7 Å².